The smallest absolute Gasteiger partial charge is 0.143 e. The van der Waals surface area contributed by atoms with E-state index < -0.39 is 0 Å². The molecule has 3 N–H and O–H groups in total. The molecule has 0 amide bonds. The number of amidine groups is 1. The second-order valence-electron chi connectivity index (χ2n) is 4.51. The van der Waals surface area contributed by atoms with Gasteiger partial charge in [-0.1, -0.05) is 26.7 Å². The molecule has 0 aliphatic rings. The van der Waals surface area contributed by atoms with E-state index in [9.17, 15) is 0 Å². The molecular formula is C14H24N4. The number of nitrogens with one attached hydrogen (secondary N) is 1. The molecule has 100 valence electrons. The molecule has 4 heteroatoms. The Bertz CT molecular complexity index is 385. The third-order valence-electron chi connectivity index (χ3n) is 3.40. The Morgan fingerprint density at radius 2 is 2.06 bits per heavy atom. The number of nitrogen functional groups attached to an aromatic ring is 1. The van der Waals surface area contributed by atoms with E-state index in [-0.39, 0.29) is 5.84 Å². The van der Waals surface area contributed by atoms with Crippen LogP contribution in [0.25, 0.3) is 0 Å². The maximum Gasteiger partial charge on any atom is 0.143 e. The zero-order valence-corrected chi connectivity index (χ0v) is 11.6. The van der Waals surface area contributed by atoms with Crippen LogP contribution in [0.1, 0.15) is 39.3 Å². The van der Waals surface area contributed by atoms with Gasteiger partial charge in [-0.15, -0.1) is 0 Å². The van der Waals surface area contributed by atoms with Gasteiger partial charge in [-0.2, -0.15) is 0 Å². The van der Waals surface area contributed by atoms with Gasteiger partial charge in [-0.05, 0) is 25.0 Å². The molecule has 0 saturated carbocycles. The maximum absolute atomic E-state index is 7.61. The zero-order valence-electron chi connectivity index (χ0n) is 11.6. The molecule has 0 aliphatic carbocycles. The first-order valence-electron chi connectivity index (χ1n) is 6.68. The highest BCUT2D eigenvalue weighted by Crippen LogP contribution is 2.21. The standard InChI is InChI=1S/C14H24N4/c1-4-11(5-2)10-18(6-3)12-8-7-9-17-13(12)14(15)16/h7-9,11H,4-6,10H2,1-3H3,(H3,15,16). The van der Waals surface area contributed by atoms with Crippen LogP contribution in [-0.2, 0) is 0 Å². The summed E-state index contributed by atoms with van der Waals surface area (Å²) in [6.07, 6.45) is 4.02. The summed E-state index contributed by atoms with van der Waals surface area (Å²) >= 11 is 0. The van der Waals surface area contributed by atoms with E-state index in [1.54, 1.807) is 6.20 Å². The SMILES string of the molecule is CCC(CC)CN(CC)c1cccnc1C(=N)N. The Balaban J connectivity index is 2.97. The fraction of sp³-hybridized carbons (Fsp3) is 0.571. The first-order valence-corrected chi connectivity index (χ1v) is 6.68. The molecule has 18 heavy (non-hydrogen) atoms. The fourth-order valence-corrected chi connectivity index (χ4v) is 2.12. The summed E-state index contributed by atoms with van der Waals surface area (Å²) < 4.78 is 0. The third kappa shape index (κ3) is 3.45. The van der Waals surface area contributed by atoms with E-state index >= 15 is 0 Å². The van der Waals surface area contributed by atoms with Crippen molar-refractivity contribution in [2.75, 3.05) is 18.0 Å². The number of pyridine rings is 1. The highest BCUT2D eigenvalue weighted by molar-refractivity contribution is 5.98. The van der Waals surface area contributed by atoms with E-state index in [2.05, 4.69) is 30.7 Å². The van der Waals surface area contributed by atoms with Crippen molar-refractivity contribution in [3.8, 4) is 0 Å². The van der Waals surface area contributed by atoms with Gasteiger partial charge in [0.2, 0.25) is 0 Å². The van der Waals surface area contributed by atoms with Crippen molar-refractivity contribution in [3.63, 3.8) is 0 Å². The van der Waals surface area contributed by atoms with E-state index in [0.717, 1.165) is 18.8 Å². The van der Waals surface area contributed by atoms with Gasteiger partial charge in [0.15, 0.2) is 0 Å². The Morgan fingerprint density at radius 1 is 1.39 bits per heavy atom. The molecule has 4 nitrogen and oxygen atoms in total. The number of anilines is 1. The molecule has 0 bridgehead atoms. The Morgan fingerprint density at radius 3 is 2.56 bits per heavy atom. The zero-order chi connectivity index (χ0) is 13.5. The molecule has 0 aromatic carbocycles. The fourth-order valence-electron chi connectivity index (χ4n) is 2.12. The topological polar surface area (TPSA) is 66.0 Å². The average Bonchev–Trinajstić information content (AvgIpc) is 2.40. The predicted molar refractivity (Wildman–Crippen MR) is 77.2 cm³/mol. The summed E-state index contributed by atoms with van der Waals surface area (Å²) in [4.78, 5) is 6.48. The van der Waals surface area contributed by atoms with Crippen LogP contribution >= 0.6 is 0 Å². The van der Waals surface area contributed by atoms with Crippen molar-refractivity contribution < 1.29 is 0 Å². The molecule has 0 spiro atoms. The number of aromatic nitrogens is 1. The largest absolute Gasteiger partial charge is 0.382 e. The number of hydrogen-bond acceptors (Lipinski definition) is 3. The average molecular weight is 248 g/mol. The van der Waals surface area contributed by atoms with Crippen molar-refractivity contribution in [1.82, 2.24) is 4.98 Å². The van der Waals surface area contributed by atoms with Gasteiger partial charge in [0, 0.05) is 19.3 Å². The summed E-state index contributed by atoms with van der Waals surface area (Å²) in [7, 11) is 0. The molecule has 0 aliphatic heterocycles. The third-order valence-corrected chi connectivity index (χ3v) is 3.40. The van der Waals surface area contributed by atoms with Crippen molar-refractivity contribution >= 4 is 11.5 Å². The molecule has 0 radical (unpaired) electrons. The van der Waals surface area contributed by atoms with Crippen LogP contribution in [0.5, 0.6) is 0 Å². The predicted octanol–water partition coefficient (Wildman–Crippen LogP) is 2.63. The van der Waals surface area contributed by atoms with Gasteiger partial charge >= 0.3 is 0 Å². The van der Waals surface area contributed by atoms with Gasteiger partial charge in [0.25, 0.3) is 0 Å². The molecule has 0 fully saturated rings. The first-order chi connectivity index (χ1) is 8.63. The van der Waals surface area contributed by atoms with Crippen molar-refractivity contribution in [3.05, 3.63) is 24.0 Å². The van der Waals surface area contributed by atoms with Gasteiger partial charge in [0.1, 0.15) is 11.5 Å². The van der Waals surface area contributed by atoms with Gasteiger partial charge in [0.05, 0.1) is 5.69 Å². The Labute approximate surface area is 110 Å². The number of nitrogens with two attached hydrogens (primary N) is 1. The van der Waals surface area contributed by atoms with Crippen molar-refractivity contribution in [2.24, 2.45) is 11.7 Å². The summed E-state index contributed by atoms with van der Waals surface area (Å²) in [6.45, 7) is 8.46. The van der Waals surface area contributed by atoms with Crippen molar-refractivity contribution in [1.29, 1.82) is 5.41 Å². The second kappa shape index (κ2) is 6.99. The monoisotopic (exact) mass is 248 g/mol. The van der Waals surface area contributed by atoms with E-state index in [4.69, 9.17) is 11.1 Å². The molecule has 1 aromatic rings. The molecule has 1 rings (SSSR count). The lowest BCUT2D eigenvalue weighted by molar-refractivity contribution is 0.486. The summed E-state index contributed by atoms with van der Waals surface area (Å²) in [5, 5.41) is 7.61. The lowest BCUT2D eigenvalue weighted by Crippen LogP contribution is -2.31. The summed E-state index contributed by atoms with van der Waals surface area (Å²) in [6, 6.07) is 3.90. The van der Waals surface area contributed by atoms with Crippen molar-refractivity contribution in [2.45, 2.75) is 33.6 Å². The highest BCUT2D eigenvalue weighted by atomic mass is 15.1. The second-order valence-corrected chi connectivity index (χ2v) is 4.51. The highest BCUT2D eigenvalue weighted by Gasteiger charge is 2.15. The number of hydrogen-bond donors (Lipinski definition) is 2. The number of rotatable bonds is 7. The minimum Gasteiger partial charge on any atom is -0.382 e. The quantitative estimate of drug-likeness (QED) is 0.576. The molecule has 0 unspecified atom stereocenters. The van der Waals surface area contributed by atoms with Crippen LogP contribution in [0.3, 0.4) is 0 Å². The molecule has 1 aromatic heterocycles. The molecular weight excluding hydrogens is 224 g/mol. The lowest BCUT2D eigenvalue weighted by Gasteiger charge is -2.28. The van der Waals surface area contributed by atoms with Gasteiger partial charge in [-0.25, -0.2) is 0 Å². The minimum absolute atomic E-state index is 0.0357. The summed E-state index contributed by atoms with van der Waals surface area (Å²) in [5.74, 6) is 0.707. The molecule has 0 atom stereocenters. The van der Waals surface area contributed by atoms with Crippen LogP contribution in [0.15, 0.2) is 18.3 Å². The van der Waals surface area contributed by atoms with Crippen LogP contribution in [0.2, 0.25) is 0 Å². The minimum atomic E-state index is 0.0357. The van der Waals surface area contributed by atoms with Crippen LogP contribution in [0, 0.1) is 11.3 Å². The Hall–Kier alpha value is -1.58. The van der Waals surface area contributed by atoms with E-state index in [1.807, 2.05) is 12.1 Å². The lowest BCUT2D eigenvalue weighted by atomic mass is 10.0. The normalized spacial score (nSPS) is 10.7. The first kappa shape index (κ1) is 14.5. The van der Waals surface area contributed by atoms with Crippen LogP contribution in [0.4, 0.5) is 5.69 Å². The Kier molecular flexibility index (Phi) is 5.62. The van der Waals surface area contributed by atoms with Gasteiger partial charge < -0.3 is 10.6 Å². The molecule has 1 heterocycles. The van der Waals surface area contributed by atoms with E-state index in [1.165, 1.54) is 12.8 Å². The van der Waals surface area contributed by atoms with E-state index in [0.29, 0.717) is 11.6 Å². The van der Waals surface area contributed by atoms with Crippen LogP contribution < -0.4 is 10.6 Å². The summed E-state index contributed by atoms with van der Waals surface area (Å²) in [5.41, 5.74) is 7.16. The maximum atomic E-state index is 7.61. The number of nitrogens with zero attached hydrogens (tertiary/aromatic N) is 2. The van der Waals surface area contributed by atoms with Gasteiger partial charge in [-0.3, -0.25) is 10.4 Å². The van der Waals surface area contributed by atoms with Crippen LogP contribution in [-0.4, -0.2) is 23.9 Å². The molecule has 0 saturated heterocycles.